The molecule has 0 aliphatic carbocycles. The fourth-order valence-corrected chi connectivity index (χ4v) is 4.54. The van der Waals surface area contributed by atoms with Gasteiger partial charge in [0.2, 0.25) is 5.75 Å². The number of hydrazone groups is 1. The minimum atomic E-state index is -0.279. The first kappa shape index (κ1) is 27.5. The van der Waals surface area contributed by atoms with Crippen molar-refractivity contribution in [3.05, 3.63) is 72.3 Å². The summed E-state index contributed by atoms with van der Waals surface area (Å²) in [6, 6.07) is 20.7. The Morgan fingerprint density at radius 1 is 0.897 bits per heavy atom. The number of aromatic nitrogens is 3. The number of hydrogen-bond donors (Lipinski definition) is 1. The molecule has 0 radical (unpaired) electrons. The van der Waals surface area contributed by atoms with Crippen molar-refractivity contribution >= 4 is 23.4 Å². The van der Waals surface area contributed by atoms with Gasteiger partial charge in [0, 0.05) is 16.8 Å². The van der Waals surface area contributed by atoms with Crippen molar-refractivity contribution in [1.82, 2.24) is 20.2 Å². The molecule has 1 heterocycles. The second-order valence-corrected chi connectivity index (χ2v) is 9.09. The summed E-state index contributed by atoms with van der Waals surface area (Å²) in [5, 5.41) is 13.6. The van der Waals surface area contributed by atoms with Gasteiger partial charge >= 0.3 is 0 Å². The highest BCUT2D eigenvalue weighted by molar-refractivity contribution is 7.99. The van der Waals surface area contributed by atoms with Crippen LogP contribution in [0, 0.1) is 0 Å². The largest absolute Gasteiger partial charge is 0.497 e. The lowest BCUT2D eigenvalue weighted by molar-refractivity contribution is -0.118. The van der Waals surface area contributed by atoms with Gasteiger partial charge in [-0.1, -0.05) is 42.1 Å². The predicted molar refractivity (Wildman–Crippen MR) is 151 cm³/mol. The Balaban J connectivity index is 1.59. The summed E-state index contributed by atoms with van der Waals surface area (Å²) >= 11 is 1.25. The molecule has 39 heavy (non-hydrogen) atoms. The van der Waals surface area contributed by atoms with Crippen LogP contribution in [0.25, 0.3) is 17.1 Å². The lowest BCUT2D eigenvalue weighted by Gasteiger charge is -2.15. The third-order valence-corrected chi connectivity index (χ3v) is 6.67. The van der Waals surface area contributed by atoms with Crippen molar-refractivity contribution in [2.45, 2.75) is 12.1 Å². The van der Waals surface area contributed by atoms with Gasteiger partial charge in [0.15, 0.2) is 22.5 Å². The highest BCUT2D eigenvalue weighted by Gasteiger charge is 2.21. The first-order valence-electron chi connectivity index (χ1n) is 11.9. The number of nitrogens with zero attached hydrogens (tertiary/aromatic N) is 4. The van der Waals surface area contributed by atoms with Gasteiger partial charge in [-0.15, -0.1) is 10.2 Å². The summed E-state index contributed by atoms with van der Waals surface area (Å²) in [5.74, 6) is 2.53. The number of carbonyl (C=O) groups is 1. The summed E-state index contributed by atoms with van der Waals surface area (Å²) in [7, 11) is 6.27. The van der Waals surface area contributed by atoms with Crippen LogP contribution in [0.15, 0.2) is 77.0 Å². The van der Waals surface area contributed by atoms with Crippen LogP contribution in [-0.4, -0.2) is 60.6 Å². The van der Waals surface area contributed by atoms with Crippen molar-refractivity contribution < 1.29 is 23.7 Å². The Hall–Kier alpha value is -4.51. The average Bonchev–Trinajstić information content (AvgIpc) is 3.42. The molecule has 0 fully saturated rings. The highest BCUT2D eigenvalue weighted by atomic mass is 32.2. The van der Waals surface area contributed by atoms with Gasteiger partial charge < -0.3 is 18.9 Å². The molecular weight excluding hydrogens is 518 g/mol. The standard InChI is InChI=1S/C28H29N5O5S/c1-18(19-10-9-13-22(14-19)35-2)29-30-25(34)17-39-28-32-31-27(33(28)21-11-7-6-8-12-21)20-15-23(36-3)26(38-5)24(16-20)37-4/h6-16H,17H2,1-5H3,(H,30,34)/b29-18+. The average molecular weight is 548 g/mol. The summed E-state index contributed by atoms with van der Waals surface area (Å²) in [6.07, 6.45) is 0. The SMILES string of the molecule is COc1cccc(/C(C)=N/NC(=O)CSc2nnc(-c3cc(OC)c(OC)c(OC)c3)n2-c2ccccc2)c1. The Morgan fingerprint density at radius 2 is 1.62 bits per heavy atom. The zero-order valence-corrected chi connectivity index (χ0v) is 23.1. The van der Waals surface area contributed by atoms with Gasteiger partial charge in [0.25, 0.3) is 5.91 Å². The third-order valence-electron chi connectivity index (χ3n) is 5.74. The Bertz CT molecular complexity index is 1450. The second-order valence-electron chi connectivity index (χ2n) is 8.14. The van der Waals surface area contributed by atoms with Crippen LogP contribution in [0.2, 0.25) is 0 Å². The van der Waals surface area contributed by atoms with Crippen LogP contribution in [-0.2, 0) is 4.79 Å². The molecule has 4 rings (SSSR count). The topological polar surface area (TPSA) is 109 Å². The first-order valence-corrected chi connectivity index (χ1v) is 12.9. The van der Waals surface area contributed by atoms with Gasteiger partial charge in [0.05, 0.1) is 39.9 Å². The zero-order valence-electron chi connectivity index (χ0n) is 22.3. The molecular formula is C28H29N5O5S. The molecule has 0 spiro atoms. The molecule has 11 heteroatoms. The molecule has 0 aliphatic rings. The van der Waals surface area contributed by atoms with Gasteiger partial charge in [-0.25, -0.2) is 5.43 Å². The van der Waals surface area contributed by atoms with Crippen molar-refractivity contribution in [3.63, 3.8) is 0 Å². The monoisotopic (exact) mass is 547 g/mol. The number of rotatable bonds is 11. The molecule has 3 aromatic carbocycles. The predicted octanol–water partition coefficient (Wildman–Crippen LogP) is 4.60. The summed E-state index contributed by atoms with van der Waals surface area (Å²) < 4.78 is 23.6. The van der Waals surface area contributed by atoms with Crippen LogP contribution >= 0.6 is 11.8 Å². The van der Waals surface area contributed by atoms with Gasteiger partial charge in [0.1, 0.15) is 5.75 Å². The number of carbonyl (C=O) groups excluding carboxylic acids is 1. The molecule has 4 aromatic rings. The van der Waals surface area contributed by atoms with E-state index in [0.29, 0.717) is 45.3 Å². The minimum absolute atomic E-state index is 0.0785. The fraction of sp³-hybridized carbons (Fsp3) is 0.214. The molecule has 0 saturated carbocycles. The molecule has 10 nitrogen and oxygen atoms in total. The van der Waals surface area contributed by atoms with Gasteiger partial charge in [-0.05, 0) is 43.3 Å². The lowest BCUT2D eigenvalue weighted by Crippen LogP contribution is -2.21. The summed E-state index contributed by atoms with van der Waals surface area (Å²) in [5.41, 5.74) is 5.66. The van der Waals surface area contributed by atoms with Crippen LogP contribution in [0.3, 0.4) is 0 Å². The van der Waals surface area contributed by atoms with E-state index in [2.05, 4.69) is 20.7 Å². The molecule has 0 saturated heterocycles. The van der Waals surface area contributed by atoms with Crippen LogP contribution in [0.1, 0.15) is 12.5 Å². The van der Waals surface area contributed by atoms with E-state index in [9.17, 15) is 4.79 Å². The van der Waals surface area contributed by atoms with E-state index in [0.717, 1.165) is 11.3 Å². The number of ether oxygens (including phenoxy) is 4. The van der Waals surface area contributed by atoms with Crippen molar-refractivity contribution in [2.24, 2.45) is 5.10 Å². The number of methoxy groups -OCH3 is 4. The molecule has 1 N–H and O–H groups in total. The van der Waals surface area contributed by atoms with E-state index in [1.54, 1.807) is 28.4 Å². The van der Waals surface area contributed by atoms with E-state index in [-0.39, 0.29) is 11.7 Å². The van der Waals surface area contributed by atoms with Crippen LogP contribution in [0.5, 0.6) is 23.0 Å². The highest BCUT2D eigenvalue weighted by Crippen LogP contribution is 2.41. The van der Waals surface area contributed by atoms with Crippen LogP contribution in [0.4, 0.5) is 0 Å². The smallest absolute Gasteiger partial charge is 0.250 e. The maximum Gasteiger partial charge on any atom is 0.250 e. The molecule has 0 bridgehead atoms. The molecule has 1 aromatic heterocycles. The Kier molecular flexibility index (Phi) is 9.06. The maximum atomic E-state index is 12.7. The number of hydrogen-bond acceptors (Lipinski definition) is 9. The minimum Gasteiger partial charge on any atom is -0.497 e. The van der Waals surface area contributed by atoms with Gasteiger partial charge in [-0.3, -0.25) is 9.36 Å². The van der Waals surface area contributed by atoms with Crippen molar-refractivity contribution in [3.8, 4) is 40.1 Å². The zero-order chi connectivity index (χ0) is 27.8. The van der Waals surface area contributed by atoms with E-state index in [1.807, 2.05) is 78.2 Å². The second kappa shape index (κ2) is 12.8. The maximum absolute atomic E-state index is 12.7. The molecule has 1 amide bonds. The Labute approximate surface area is 231 Å². The van der Waals surface area contributed by atoms with Gasteiger partial charge in [-0.2, -0.15) is 5.10 Å². The van der Waals surface area contributed by atoms with E-state index in [1.165, 1.54) is 11.8 Å². The molecule has 0 atom stereocenters. The molecule has 0 unspecified atom stereocenters. The van der Waals surface area contributed by atoms with E-state index >= 15 is 0 Å². The quantitative estimate of drug-likeness (QED) is 0.165. The van der Waals surface area contributed by atoms with Crippen molar-refractivity contribution in [2.75, 3.05) is 34.2 Å². The molecule has 0 aliphatic heterocycles. The normalized spacial score (nSPS) is 11.2. The van der Waals surface area contributed by atoms with Crippen LogP contribution < -0.4 is 24.4 Å². The Morgan fingerprint density at radius 3 is 2.26 bits per heavy atom. The number of amides is 1. The van der Waals surface area contributed by atoms with E-state index in [4.69, 9.17) is 18.9 Å². The lowest BCUT2D eigenvalue weighted by atomic mass is 10.1. The third kappa shape index (κ3) is 6.32. The van der Waals surface area contributed by atoms with E-state index < -0.39 is 0 Å². The number of thioether (sulfide) groups is 1. The summed E-state index contributed by atoms with van der Waals surface area (Å²) in [6.45, 7) is 1.82. The molecule has 202 valence electrons. The van der Waals surface area contributed by atoms with Crippen molar-refractivity contribution in [1.29, 1.82) is 0 Å². The number of benzene rings is 3. The number of nitrogens with one attached hydrogen (secondary N) is 1. The first-order chi connectivity index (χ1) is 19.0. The number of para-hydroxylation sites is 1. The fourth-order valence-electron chi connectivity index (χ4n) is 3.79. The summed E-state index contributed by atoms with van der Waals surface area (Å²) in [4.78, 5) is 12.7.